The lowest BCUT2D eigenvalue weighted by Gasteiger charge is -2.42. The molecule has 2 aliphatic heterocycles. The molecule has 0 aromatic heterocycles. The van der Waals surface area contributed by atoms with Gasteiger partial charge in [-0.05, 0) is 25.0 Å². The quantitative estimate of drug-likeness (QED) is 0.835. The molecule has 1 amide bonds. The predicted octanol–water partition coefficient (Wildman–Crippen LogP) is 1.63. The average molecular weight is 262 g/mol. The fraction of sp³-hybridized carbons (Fsp3) is 0.500. The van der Waals surface area contributed by atoms with Gasteiger partial charge in [0.15, 0.2) is 0 Å². The van der Waals surface area contributed by atoms with Gasteiger partial charge in [0.1, 0.15) is 5.66 Å². The van der Waals surface area contributed by atoms with Gasteiger partial charge in [-0.3, -0.25) is 10.1 Å². The minimum absolute atomic E-state index is 0.260. The minimum Gasteiger partial charge on any atom is -0.317 e. The average Bonchev–Trinajstić information content (AvgIpc) is 2.75. The van der Waals surface area contributed by atoms with Crippen LogP contribution >= 0.6 is 11.8 Å². The van der Waals surface area contributed by atoms with E-state index in [1.165, 1.54) is 16.7 Å². The molecule has 2 aliphatic rings. The van der Waals surface area contributed by atoms with E-state index in [9.17, 15) is 4.79 Å². The third kappa shape index (κ3) is 1.67. The third-order valence-electron chi connectivity index (χ3n) is 3.88. The summed E-state index contributed by atoms with van der Waals surface area (Å²) < 4.78 is 0. The molecule has 1 atom stereocenters. The van der Waals surface area contributed by atoms with Crippen molar-refractivity contribution in [2.75, 3.05) is 24.6 Å². The van der Waals surface area contributed by atoms with E-state index in [2.05, 4.69) is 37.4 Å². The van der Waals surface area contributed by atoms with Crippen LogP contribution in [0.1, 0.15) is 16.7 Å². The van der Waals surface area contributed by atoms with E-state index in [1.54, 1.807) is 11.8 Å². The topological polar surface area (TPSA) is 32.3 Å². The van der Waals surface area contributed by atoms with Crippen molar-refractivity contribution in [3.05, 3.63) is 34.9 Å². The smallest absolute Gasteiger partial charge is 0.234 e. The summed E-state index contributed by atoms with van der Waals surface area (Å²) in [7, 11) is 0. The van der Waals surface area contributed by atoms with Gasteiger partial charge >= 0.3 is 0 Å². The largest absolute Gasteiger partial charge is 0.317 e. The molecule has 0 radical (unpaired) electrons. The van der Waals surface area contributed by atoms with Crippen molar-refractivity contribution in [2.45, 2.75) is 19.5 Å². The summed E-state index contributed by atoms with van der Waals surface area (Å²) in [6.45, 7) is 5.96. The first kappa shape index (κ1) is 12.1. The molecule has 0 bridgehead atoms. The number of nitrogens with zero attached hydrogens (tertiary/aromatic N) is 1. The highest BCUT2D eigenvalue weighted by molar-refractivity contribution is 8.00. The normalized spacial score (nSPS) is 27.4. The third-order valence-corrected chi connectivity index (χ3v) is 4.95. The van der Waals surface area contributed by atoms with Crippen LogP contribution in [0.5, 0.6) is 0 Å². The molecule has 2 fully saturated rings. The lowest BCUT2D eigenvalue weighted by molar-refractivity contribution is -0.133. The van der Waals surface area contributed by atoms with E-state index < -0.39 is 0 Å². The number of fused-ring (bicyclic) bond motifs is 1. The van der Waals surface area contributed by atoms with Gasteiger partial charge in [0.2, 0.25) is 5.91 Å². The Morgan fingerprint density at radius 2 is 2.22 bits per heavy atom. The SMILES string of the molecule is Cc1ccc(C23CSCC(=O)N2CCN3)c(C)c1. The number of benzene rings is 1. The molecule has 0 spiro atoms. The molecule has 0 saturated carbocycles. The van der Waals surface area contributed by atoms with Crippen molar-refractivity contribution in [1.29, 1.82) is 0 Å². The highest BCUT2D eigenvalue weighted by Crippen LogP contribution is 2.38. The van der Waals surface area contributed by atoms with Crippen LogP contribution < -0.4 is 5.32 Å². The number of aryl methyl sites for hydroxylation is 2. The Morgan fingerprint density at radius 1 is 1.39 bits per heavy atom. The number of amides is 1. The zero-order valence-corrected chi connectivity index (χ0v) is 11.6. The molecule has 2 saturated heterocycles. The summed E-state index contributed by atoms with van der Waals surface area (Å²) >= 11 is 1.73. The number of hydrogen-bond donors (Lipinski definition) is 1. The Morgan fingerprint density at radius 3 is 3.00 bits per heavy atom. The highest BCUT2D eigenvalue weighted by Gasteiger charge is 2.47. The van der Waals surface area contributed by atoms with Crippen LogP contribution in [-0.4, -0.2) is 35.4 Å². The maximum Gasteiger partial charge on any atom is 0.234 e. The van der Waals surface area contributed by atoms with Crippen molar-refractivity contribution in [3.8, 4) is 0 Å². The van der Waals surface area contributed by atoms with Crippen molar-refractivity contribution >= 4 is 17.7 Å². The summed E-state index contributed by atoms with van der Waals surface area (Å²) in [6, 6.07) is 6.51. The summed E-state index contributed by atoms with van der Waals surface area (Å²) in [4.78, 5) is 14.1. The van der Waals surface area contributed by atoms with Gasteiger partial charge in [0.05, 0.1) is 5.75 Å². The second-order valence-corrected chi connectivity index (χ2v) is 6.13. The monoisotopic (exact) mass is 262 g/mol. The van der Waals surface area contributed by atoms with Gasteiger partial charge < -0.3 is 4.90 Å². The van der Waals surface area contributed by atoms with Crippen LogP contribution in [0.25, 0.3) is 0 Å². The zero-order chi connectivity index (χ0) is 12.8. The Hall–Kier alpha value is -1.00. The van der Waals surface area contributed by atoms with E-state index >= 15 is 0 Å². The lowest BCUT2D eigenvalue weighted by Crippen LogP contribution is -2.56. The maximum absolute atomic E-state index is 12.1. The summed E-state index contributed by atoms with van der Waals surface area (Å²) in [6.07, 6.45) is 0. The molecule has 1 unspecified atom stereocenters. The summed E-state index contributed by atoms with van der Waals surface area (Å²) in [5.41, 5.74) is 3.53. The number of carbonyl (C=O) groups excluding carboxylic acids is 1. The number of hydrogen-bond acceptors (Lipinski definition) is 3. The minimum atomic E-state index is -0.266. The van der Waals surface area contributed by atoms with Gasteiger partial charge in [0, 0.05) is 18.8 Å². The van der Waals surface area contributed by atoms with Crippen molar-refractivity contribution in [1.82, 2.24) is 10.2 Å². The van der Waals surface area contributed by atoms with E-state index in [0.29, 0.717) is 5.75 Å². The molecule has 96 valence electrons. The molecule has 2 heterocycles. The molecular formula is C14H18N2OS. The van der Waals surface area contributed by atoms with Crippen LogP contribution in [0.4, 0.5) is 0 Å². The van der Waals surface area contributed by atoms with Crippen molar-refractivity contribution < 1.29 is 4.79 Å². The Labute approximate surface area is 112 Å². The first-order valence-electron chi connectivity index (χ1n) is 6.34. The number of carbonyl (C=O) groups is 1. The molecule has 1 N–H and O–H groups in total. The summed E-state index contributed by atoms with van der Waals surface area (Å²) in [5, 5.41) is 3.56. The fourth-order valence-electron chi connectivity index (χ4n) is 3.09. The molecule has 0 aliphatic carbocycles. The van der Waals surface area contributed by atoms with Crippen molar-refractivity contribution in [2.24, 2.45) is 0 Å². The summed E-state index contributed by atoms with van der Waals surface area (Å²) in [5.74, 6) is 1.83. The van der Waals surface area contributed by atoms with Gasteiger partial charge in [-0.15, -0.1) is 11.8 Å². The van der Waals surface area contributed by atoms with Crippen LogP contribution in [0.15, 0.2) is 18.2 Å². The van der Waals surface area contributed by atoms with Gasteiger partial charge in [-0.25, -0.2) is 0 Å². The van der Waals surface area contributed by atoms with E-state index in [0.717, 1.165) is 18.8 Å². The Kier molecular flexibility index (Phi) is 2.87. The zero-order valence-electron chi connectivity index (χ0n) is 10.8. The first-order chi connectivity index (χ1) is 8.63. The van der Waals surface area contributed by atoms with Gasteiger partial charge in [-0.2, -0.15) is 0 Å². The second-order valence-electron chi connectivity index (χ2n) is 5.14. The number of thioether (sulfide) groups is 1. The van der Waals surface area contributed by atoms with Crippen LogP contribution in [0, 0.1) is 13.8 Å². The Bertz CT molecular complexity index is 503. The van der Waals surface area contributed by atoms with Crippen LogP contribution in [0.3, 0.4) is 0 Å². The standard InChI is InChI=1S/C14H18N2OS/c1-10-3-4-12(11(2)7-10)14-9-18-8-13(17)16(14)6-5-15-14/h3-4,7,15H,5-6,8-9H2,1-2H3. The number of rotatable bonds is 1. The van der Waals surface area contributed by atoms with Crippen LogP contribution in [-0.2, 0) is 10.5 Å². The van der Waals surface area contributed by atoms with Gasteiger partial charge in [-0.1, -0.05) is 23.8 Å². The van der Waals surface area contributed by atoms with Crippen molar-refractivity contribution in [3.63, 3.8) is 0 Å². The first-order valence-corrected chi connectivity index (χ1v) is 7.50. The predicted molar refractivity (Wildman–Crippen MR) is 74.6 cm³/mol. The number of nitrogens with one attached hydrogen (secondary N) is 1. The van der Waals surface area contributed by atoms with E-state index in [-0.39, 0.29) is 11.6 Å². The molecule has 18 heavy (non-hydrogen) atoms. The Balaban J connectivity index is 2.09. The second kappa shape index (κ2) is 4.28. The lowest BCUT2D eigenvalue weighted by atomic mass is 9.94. The van der Waals surface area contributed by atoms with E-state index in [1.807, 2.05) is 4.90 Å². The van der Waals surface area contributed by atoms with E-state index in [4.69, 9.17) is 0 Å². The van der Waals surface area contributed by atoms with Crippen LogP contribution in [0.2, 0.25) is 0 Å². The van der Waals surface area contributed by atoms with Gasteiger partial charge in [0.25, 0.3) is 0 Å². The molecule has 1 aromatic rings. The highest BCUT2D eigenvalue weighted by atomic mass is 32.2. The molecule has 3 rings (SSSR count). The molecule has 3 nitrogen and oxygen atoms in total. The fourth-order valence-corrected chi connectivity index (χ4v) is 4.23. The molecule has 4 heteroatoms. The maximum atomic E-state index is 12.1. The molecular weight excluding hydrogens is 244 g/mol. The molecule has 1 aromatic carbocycles.